The number of aliphatic hydroxyl groups is 3. The highest BCUT2D eigenvalue weighted by Crippen LogP contribution is 2.80. The zero-order valence-corrected chi connectivity index (χ0v) is 24.1. The Bertz CT molecular complexity index is 1250. The van der Waals surface area contributed by atoms with Crippen LogP contribution in [0.25, 0.3) is 0 Å². The molecule has 1 unspecified atom stereocenters. The molecule has 0 radical (unpaired) electrons. The van der Waals surface area contributed by atoms with Crippen LogP contribution in [0.5, 0.6) is 0 Å². The largest absolute Gasteiger partial charge is 0.458 e. The molecule has 1 aromatic carbocycles. The van der Waals surface area contributed by atoms with Gasteiger partial charge in [-0.3, -0.25) is 4.79 Å². The third-order valence-electron chi connectivity index (χ3n) is 12.3. The summed E-state index contributed by atoms with van der Waals surface area (Å²) in [4.78, 5) is 28.7. The predicted molar refractivity (Wildman–Crippen MR) is 143 cm³/mol. The van der Waals surface area contributed by atoms with Crippen LogP contribution in [0.1, 0.15) is 43.0 Å². The molecule has 6 aliphatic rings. The molecular formula is C31H41NO9. The fraction of sp³-hybridized carbons (Fsp3) is 0.742. The van der Waals surface area contributed by atoms with Crippen molar-refractivity contribution in [2.45, 2.75) is 74.3 Å². The van der Waals surface area contributed by atoms with Gasteiger partial charge < -0.3 is 39.2 Å². The van der Waals surface area contributed by atoms with Gasteiger partial charge in [0, 0.05) is 68.7 Å². The lowest BCUT2D eigenvalue weighted by molar-refractivity contribution is -0.283. The second-order valence-electron chi connectivity index (χ2n) is 13.6. The zero-order chi connectivity index (χ0) is 29.1. The second kappa shape index (κ2) is 8.97. The third kappa shape index (κ3) is 3.14. The number of piperidine rings is 1. The number of hydrogen-bond acceptors (Lipinski definition) is 10. The van der Waals surface area contributed by atoms with Crippen LogP contribution < -0.4 is 0 Å². The molecule has 1 saturated heterocycles. The Morgan fingerprint density at radius 2 is 1.83 bits per heavy atom. The van der Waals surface area contributed by atoms with Gasteiger partial charge in [-0.05, 0) is 44.4 Å². The Hall–Kier alpha value is -2.08. The number of aliphatic hydroxyl groups excluding tert-OH is 2. The van der Waals surface area contributed by atoms with E-state index in [2.05, 4.69) is 4.90 Å². The first-order valence-corrected chi connectivity index (χ1v) is 14.8. The minimum absolute atomic E-state index is 0.00503. The summed E-state index contributed by atoms with van der Waals surface area (Å²) in [5, 5.41) is 35.0. The maximum absolute atomic E-state index is 13.5. The number of benzene rings is 1. The molecule has 6 fully saturated rings. The van der Waals surface area contributed by atoms with E-state index in [9.17, 15) is 24.9 Å². The van der Waals surface area contributed by atoms with Crippen LogP contribution >= 0.6 is 0 Å². The van der Waals surface area contributed by atoms with Crippen molar-refractivity contribution < 1.29 is 43.9 Å². The molecule has 3 N–H and O–H groups in total. The van der Waals surface area contributed by atoms with Crippen molar-refractivity contribution in [1.82, 2.24) is 4.90 Å². The SMILES string of the molecule is CO[C@H]1[C@H]2C3N(C)C[C@]4(CO)CC[C@H](OC)[C@@]3([C@@H]3C[C@@]5(O)[C@H](OC(=O)c6ccccc6)[C@@H]3[C@]2(OC(C)=O)C[C@@H]5O)[C@H]14. The number of nitrogens with zero attached hydrogens (tertiary/aromatic N) is 1. The number of carbonyl (C=O) groups is 2. The van der Waals surface area contributed by atoms with E-state index in [1.54, 1.807) is 44.6 Å². The van der Waals surface area contributed by atoms with E-state index in [-0.39, 0.29) is 43.4 Å². The molecule has 7 bridgehead atoms. The lowest BCUT2D eigenvalue weighted by atomic mass is 9.43. The van der Waals surface area contributed by atoms with Gasteiger partial charge in [0.2, 0.25) is 0 Å². The molecule has 10 heteroatoms. The van der Waals surface area contributed by atoms with Crippen LogP contribution in [-0.4, -0.2) is 108 Å². The summed E-state index contributed by atoms with van der Waals surface area (Å²) in [6, 6.07) is 8.42. The van der Waals surface area contributed by atoms with Gasteiger partial charge in [0.1, 0.15) is 17.3 Å². The molecule has 5 aliphatic carbocycles. The molecule has 1 aromatic rings. The highest BCUT2D eigenvalue weighted by molar-refractivity contribution is 5.89. The van der Waals surface area contributed by atoms with Crippen LogP contribution in [0.15, 0.2) is 30.3 Å². The van der Waals surface area contributed by atoms with E-state index in [4.69, 9.17) is 18.9 Å². The van der Waals surface area contributed by atoms with Crippen molar-refractivity contribution in [2.75, 3.05) is 34.4 Å². The molecule has 1 aliphatic heterocycles. The first-order chi connectivity index (χ1) is 19.6. The molecule has 10 nitrogen and oxygen atoms in total. The van der Waals surface area contributed by atoms with Crippen molar-refractivity contribution >= 4 is 11.9 Å². The van der Waals surface area contributed by atoms with Crippen molar-refractivity contribution in [3.8, 4) is 0 Å². The van der Waals surface area contributed by atoms with E-state index < -0.39 is 64.1 Å². The average Bonchev–Trinajstić information content (AvgIpc) is 3.35. The van der Waals surface area contributed by atoms with E-state index in [1.165, 1.54) is 6.92 Å². The van der Waals surface area contributed by atoms with Crippen molar-refractivity contribution in [2.24, 2.45) is 34.5 Å². The second-order valence-corrected chi connectivity index (χ2v) is 13.6. The van der Waals surface area contributed by atoms with Crippen molar-refractivity contribution in [3.05, 3.63) is 35.9 Å². The summed E-state index contributed by atoms with van der Waals surface area (Å²) in [6.07, 6.45) is -1.44. The molecule has 1 heterocycles. The quantitative estimate of drug-likeness (QED) is 0.425. The molecule has 7 rings (SSSR count). The third-order valence-corrected chi connectivity index (χ3v) is 12.3. The maximum atomic E-state index is 13.5. The minimum atomic E-state index is -1.74. The molecule has 0 aromatic heterocycles. The molecular weight excluding hydrogens is 530 g/mol. The van der Waals surface area contributed by atoms with Crippen LogP contribution in [-0.2, 0) is 23.7 Å². The number of esters is 2. The summed E-state index contributed by atoms with van der Waals surface area (Å²) < 4.78 is 25.3. The maximum Gasteiger partial charge on any atom is 0.338 e. The summed E-state index contributed by atoms with van der Waals surface area (Å²) in [5.74, 6) is -2.61. The predicted octanol–water partition coefficient (Wildman–Crippen LogP) is 1.01. The molecule has 5 saturated carbocycles. The Kier molecular flexibility index (Phi) is 6.07. The number of ether oxygens (including phenoxy) is 4. The summed E-state index contributed by atoms with van der Waals surface area (Å²) in [5.41, 5.74) is -3.76. The zero-order valence-electron chi connectivity index (χ0n) is 24.1. The monoisotopic (exact) mass is 571 g/mol. The fourth-order valence-corrected chi connectivity index (χ4v) is 11.6. The van der Waals surface area contributed by atoms with Crippen LogP contribution in [0.2, 0.25) is 0 Å². The van der Waals surface area contributed by atoms with Gasteiger partial charge in [-0.1, -0.05) is 18.2 Å². The smallest absolute Gasteiger partial charge is 0.338 e. The normalized spacial score (nSPS) is 50.9. The highest BCUT2D eigenvalue weighted by atomic mass is 16.6. The number of carbonyl (C=O) groups excluding carboxylic acids is 2. The topological polar surface area (TPSA) is 135 Å². The molecule has 13 atom stereocenters. The van der Waals surface area contributed by atoms with Gasteiger partial charge in [-0.2, -0.15) is 0 Å². The van der Waals surface area contributed by atoms with Crippen molar-refractivity contribution in [1.29, 1.82) is 0 Å². The van der Waals surface area contributed by atoms with Crippen LogP contribution in [0, 0.1) is 34.5 Å². The van der Waals surface area contributed by atoms with Gasteiger partial charge in [0.15, 0.2) is 0 Å². The fourth-order valence-electron chi connectivity index (χ4n) is 11.6. The first-order valence-electron chi connectivity index (χ1n) is 14.8. The van der Waals surface area contributed by atoms with E-state index in [0.717, 1.165) is 12.8 Å². The first kappa shape index (κ1) is 27.7. The van der Waals surface area contributed by atoms with Gasteiger partial charge >= 0.3 is 11.9 Å². The lowest BCUT2D eigenvalue weighted by Crippen LogP contribution is -2.77. The number of likely N-dealkylation sites (tertiary alicyclic amines) is 1. The molecule has 41 heavy (non-hydrogen) atoms. The van der Waals surface area contributed by atoms with E-state index >= 15 is 0 Å². The number of methoxy groups -OCH3 is 2. The number of fused-ring (bicyclic) bond motifs is 2. The van der Waals surface area contributed by atoms with Gasteiger partial charge in [0.25, 0.3) is 0 Å². The van der Waals surface area contributed by atoms with Gasteiger partial charge in [-0.15, -0.1) is 0 Å². The van der Waals surface area contributed by atoms with E-state index in [1.807, 2.05) is 7.05 Å². The summed E-state index contributed by atoms with van der Waals surface area (Å²) in [6.45, 7) is 1.98. The molecule has 0 amide bonds. The minimum Gasteiger partial charge on any atom is -0.458 e. The Morgan fingerprint density at radius 1 is 1.10 bits per heavy atom. The van der Waals surface area contributed by atoms with Gasteiger partial charge in [0.05, 0.1) is 30.5 Å². The number of rotatable bonds is 6. The van der Waals surface area contributed by atoms with Crippen LogP contribution in [0.3, 0.4) is 0 Å². The van der Waals surface area contributed by atoms with Crippen molar-refractivity contribution in [3.63, 3.8) is 0 Å². The molecule has 1 spiro atoms. The van der Waals surface area contributed by atoms with Crippen LogP contribution in [0.4, 0.5) is 0 Å². The average molecular weight is 572 g/mol. The molecule has 224 valence electrons. The Balaban J connectivity index is 1.47. The summed E-state index contributed by atoms with van der Waals surface area (Å²) >= 11 is 0. The van der Waals surface area contributed by atoms with E-state index in [0.29, 0.717) is 12.1 Å². The lowest BCUT2D eigenvalue weighted by Gasteiger charge is -2.68. The Morgan fingerprint density at radius 3 is 2.46 bits per heavy atom. The Labute approximate surface area is 239 Å². The standard InChI is InChI=1S/C31H41NO9/c1-16(34)41-30-13-19(35)29(37)12-18(21(30)26(29)40-27(36)17-8-6-5-7-9-17)31-20(38-3)10-11-28(15-33)14-32(2)25(31)22(30)23(39-4)24(28)31/h5-9,18-26,33,35,37H,10-15H2,1-4H3/t18-,19+,20+,21-,22+,23+,24-,25?,26-,28+,29+,30-,31+/m1/s1. The number of hydrogen-bond donors (Lipinski definition) is 3. The van der Waals surface area contributed by atoms with Gasteiger partial charge in [-0.25, -0.2) is 4.79 Å². The summed E-state index contributed by atoms with van der Waals surface area (Å²) in [7, 11) is 5.42. The highest BCUT2D eigenvalue weighted by Gasteiger charge is 2.89.